The van der Waals surface area contributed by atoms with E-state index >= 15 is 0 Å². The van der Waals surface area contributed by atoms with Gasteiger partial charge in [0.2, 0.25) is 5.91 Å². The maximum absolute atomic E-state index is 13.5. The van der Waals surface area contributed by atoms with E-state index in [1.54, 1.807) is 90.1 Å². The molecular formula is C27H39N5O5. The predicted molar refractivity (Wildman–Crippen MR) is 143 cm³/mol. The van der Waals surface area contributed by atoms with Crippen molar-refractivity contribution in [1.29, 1.82) is 0 Å². The van der Waals surface area contributed by atoms with Gasteiger partial charge in [-0.1, -0.05) is 45.0 Å². The summed E-state index contributed by atoms with van der Waals surface area (Å²) in [6.07, 6.45) is -2.01. The van der Waals surface area contributed by atoms with Crippen molar-refractivity contribution < 1.29 is 23.9 Å². The molecule has 0 aromatic heterocycles. The molecule has 0 aliphatic rings. The van der Waals surface area contributed by atoms with E-state index < -0.39 is 47.2 Å². The van der Waals surface area contributed by atoms with Gasteiger partial charge in [-0.3, -0.25) is 10.5 Å². The van der Waals surface area contributed by atoms with E-state index in [2.05, 4.69) is 10.6 Å². The Bertz CT molecular complexity index is 1070. The lowest BCUT2D eigenvalue weighted by Crippen LogP contribution is -2.56. The van der Waals surface area contributed by atoms with E-state index in [-0.39, 0.29) is 6.54 Å². The molecule has 2 aromatic rings. The first kappa shape index (κ1) is 29.4. The van der Waals surface area contributed by atoms with Crippen LogP contribution in [0.5, 0.6) is 0 Å². The maximum Gasteiger partial charge on any atom is 0.408 e. The Morgan fingerprint density at radius 1 is 0.865 bits per heavy atom. The fourth-order valence-corrected chi connectivity index (χ4v) is 3.64. The Kier molecular flexibility index (Phi) is 9.52. The number of nitrogen functional groups attached to an aromatic ring is 2. The minimum absolute atomic E-state index is 0.199. The maximum atomic E-state index is 13.5. The summed E-state index contributed by atoms with van der Waals surface area (Å²) in [7, 11) is 0. The summed E-state index contributed by atoms with van der Waals surface area (Å²) in [4.78, 5) is 39.6. The van der Waals surface area contributed by atoms with E-state index in [0.717, 1.165) is 5.56 Å². The van der Waals surface area contributed by atoms with Gasteiger partial charge in [-0.15, -0.1) is 0 Å². The zero-order valence-electron chi connectivity index (χ0n) is 22.3. The summed E-state index contributed by atoms with van der Waals surface area (Å²) >= 11 is 0. The number of esters is 1. The minimum Gasteiger partial charge on any atom is -0.444 e. The van der Waals surface area contributed by atoms with Gasteiger partial charge in [-0.2, -0.15) is 0 Å². The summed E-state index contributed by atoms with van der Waals surface area (Å²) in [6, 6.07) is 12.2. The van der Waals surface area contributed by atoms with Crippen molar-refractivity contribution in [3.05, 3.63) is 59.7 Å². The lowest BCUT2D eigenvalue weighted by Gasteiger charge is -2.35. The van der Waals surface area contributed by atoms with Gasteiger partial charge in [0.15, 0.2) is 6.23 Å². The van der Waals surface area contributed by atoms with Crippen molar-refractivity contribution in [3.63, 3.8) is 0 Å². The lowest BCUT2D eigenvalue weighted by atomic mass is 9.75. The van der Waals surface area contributed by atoms with Crippen LogP contribution in [0, 0.1) is 11.3 Å². The van der Waals surface area contributed by atoms with Gasteiger partial charge in [-0.05, 0) is 56.0 Å². The molecule has 2 amide bonds. The number of hydrogen-bond donors (Lipinski definition) is 5. The van der Waals surface area contributed by atoms with Gasteiger partial charge < -0.3 is 31.6 Å². The molecule has 2 aromatic carbocycles. The van der Waals surface area contributed by atoms with Gasteiger partial charge in [0.1, 0.15) is 11.6 Å². The summed E-state index contributed by atoms with van der Waals surface area (Å²) in [6.45, 7) is 10.6. The molecular weight excluding hydrogens is 474 g/mol. The Morgan fingerprint density at radius 3 is 1.86 bits per heavy atom. The molecule has 8 N–H and O–H groups in total. The molecule has 2 rings (SSSR count). The SMILES string of the molecule is CC(C)(C)OC(=O)N[C@H](C(=O)OC(N)c1ccc(N)cc1)C(C(=O)NCc1ccc(N)cc1)C(C)(C)C. The molecule has 0 aliphatic heterocycles. The molecule has 0 bridgehead atoms. The van der Waals surface area contributed by atoms with Crippen LogP contribution in [0.1, 0.15) is 58.9 Å². The molecule has 2 unspecified atom stereocenters. The second kappa shape index (κ2) is 12.0. The highest BCUT2D eigenvalue weighted by Crippen LogP contribution is 2.31. The van der Waals surface area contributed by atoms with Crippen LogP contribution >= 0.6 is 0 Å². The smallest absolute Gasteiger partial charge is 0.408 e. The first-order valence-corrected chi connectivity index (χ1v) is 12.0. The first-order valence-electron chi connectivity index (χ1n) is 12.0. The fourth-order valence-electron chi connectivity index (χ4n) is 3.64. The van der Waals surface area contributed by atoms with E-state index in [0.29, 0.717) is 16.9 Å². The monoisotopic (exact) mass is 513 g/mol. The van der Waals surface area contributed by atoms with Crippen LogP contribution in [-0.4, -0.2) is 29.6 Å². The Labute approximate surface area is 218 Å². The highest BCUT2D eigenvalue weighted by atomic mass is 16.6. The molecule has 0 radical (unpaired) electrons. The molecule has 3 atom stereocenters. The summed E-state index contributed by atoms with van der Waals surface area (Å²) in [5.41, 5.74) is 18.4. The van der Waals surface area contributed by atoms with Crippen molar-refractivity contribution in [3.8, 4) is 0 Å². The molecule has 10 heteroatoms. The third-order valence-corrected chi connectivity index (χ3v) is 5.43. The zero-order valence-corrected chi connectivity index (χ0v) is 22.3. The van der Waals surface area contributed by atoms with Crippen molar-refractivity contribution in [2.75, 3.05) is 11.5 Å². The molecule has 10 nitrogen and oxygen atoms in total. The first-order chi connectivity index (χ1) is 17.1. The number of alkyl carbamates (subject to hydrolysis) is 1. The number of carbonyl (C=O) groups excluding carboxylic acids is 3. The van der Waals surface area contributed by atoms with Crippen molar-refractivity contribution >= 4 is 29.3 Å². The van der Waals surface area contributed by atoms with Crippen LogP contribution in [0.3, 0.4) is 0 Å². The van der Waals surface area contributed by atoms with Gasteiger partial charge in [-0.25, -0.2) is 9.59 Å². The van der Waals surface area contributed by atoms with Gasteiger partial charge in [0, 0.05) is 23.5 Å². The number of carbonyl (C=O) groups is 3. The second-order valence-electron chi connectivity index (χ2n) is 11.0. The second-order valence-corrected chi connectivity index (χ2v) is 11.0. The number of benzene rings is 2. The highest BCUT2D eigenvalue weighted by Gasteiger charge is 2.44. The van der Waals surface area contributed by atoms with E-state index in [9.17, 15) is 14.4 Å². The van der Waals surface area contributed by atoms with Crippen LogP contribution in [-0.2, 0) is 25.6 Å². The molecule has 0 heterocycles. The Balaban J connectivity index is 2.32. The number of anilines is 2. The van der Waals surface area contributed by atoms with Crippen LogP contribution in [0.25, 0.3) is 0 Å². The number of nitrogens with two attached hydrogens (primary N) is 3. The number of hydrogen-bond acceptors (Lipinski definition) is 8. The normalized spacial score (nSPS) is 14.1. The van der Waals surface area contributed by atoms with Crippen molar-refractivity contribution in [2.24, 2.45) is 17.1 Å². The average Bonchev–Trinajstić information content (AvgIpc) is 2.76. The summed E-state index contributed by atoms with van der Waals surface area (Å²) < 4.78 is 10.9. The van der Waals surface area contributed by atoms with Crippen molar-refractivity contribution in [1.82, 2.24) is 10.6 Å². The van der Waals surface area contributed by atoms with Crippen molar-refractivity contribution in [2.45, 2.75) is 66.0 Å². The van der Waals surface area contributed by atoms with Gasteiger partial charge >= 0.3 is 12.1 Å². The predicted octanol–water partition coefficient (Wildman–Crippen LogP) is 3.22. The summed E-state index contributed by atoms with van der Waals surface area (Å²) in [5, 5.41) is 5.39. The standard InChI is InChI=1S/C27H39N5O5/c1-26(2,3)20(23(33)31-15-16-7-11-18(28)12-8-16)21(32-25(35)37-27(4,5)6)24(34)36-22(30)17-9-13-19(29)14-10-17/h7-14,20-22H,15,28-30H2,1-6H3,(H,31,33)(H,32,35)/t20?,21-,22?/m0/s1. The van der Waals surface area contributed by atoms with E-state index in [4.69, 9.17) is 26.7 Å². The van der Waals surface area contributed by atoms with E-state index in [1.807, 2.05) is 0 Å². The third kappa shape index (κ3) is 9.30. The molecule has 0 saturated heterocycles. The topological polar surface area (TPSA) is 172 Å². The van der Waals surface area contributed by atoms with Crippen LogP contribution in [0.4, 0.5) is 16.2 Å². The molecule has 0 saturated carbocycles. The molecule has 37 heavy (non-hydrogen) atoms. The van der Waals surface area contributed by atoms with Gasteiger partial charge in [0.05, 0.1) is 5.92 Å². The van der Waals surface area contributed by atoms with Crippen LogP contribution < -0.4 is 27.8 Å². The third-order valence-electron chi connectivity index (χ3n) is 5.43. The fraction of sp³-hybridized carbons (Fsp3) is 0.444. The largest absolute Gasteiger partial charge is 0.444 e. The van der Waals surface area contributed by atoms with Crippen LogP contribution in [0.2, 0.25) is 0 Å². The average molecular weight is 514 g/mol. The summed E-state index contributed by atoms with van der Waals surface area (Å²) in [5.74, 6) is -2.36. The quantitative estimate of drug-likeness (QED) is 0.203. The Hall–Kier alpha value is -3.79. The lowest BCUT2D eigenvalue weighted by molar-refractivity contribution is -0.157. The highest BCUT2D eigenvalue weighted by molar-refractivity contribution is 5.90. The zero-order chi connectivity index (χ0) is 28.0. The molecule has 0 spiro atoms. The van der Waals surface area contributed by atoms with Crippen LogP contribution in [0.15, 0.2) is 48.5 Å². The number of amides is 2. The number of ether oxygens (including phenoxy) is 2. The van der Waals surface area contributed by atoms with Gasteiger partial charge in [0.25, 0.3) is 0 Å². The number of rotatable bonds is 8. The molecule has 0 aliphatic carbocycles. The van der Waals surface area contributed by atoms with E-state index in [1.165, 1.54) is 0 Å². The molecule has 0 fully saturated rings. The Morgan fingerprint density at radius 2 is 1.38 bits per heavy atom. The number of nitrogens with one attached hydrogen (secondary N) is 2. The molecule has 202 valence electrons. The minimum atomic E-state index is -1.39.